The summed E-state index contributed by atoms with van der Waals surface area (Å²) in [6, 6.07) is 0.236. The first-order chi connectivity index (χ1) is 8.02. The number of hydrogen-bond donors (Lipinski definition) is 2. The minimum Gasteiger partial charge on any atom is -0.463 e. The van der Waals surface area contributed by atoms with Crippen LogP contribution in [0, 0.1) is 0 Å². The molecule has 0 spiro atoms. The number of aromatic nitrogens is 3. The Morgan fingerprint density at radius 3 is 2.65 bits per heavy atom. The van der Waals surface area contributed by atoms with Crippen molar-refractivity contribution in [2.75, 3.05) is 12.3 Å². The van der Waals surface area contributed by atoms with Gasteiger partial charge in [-0.3, -0.25) is 0 Å². The van der Waals surface area contributed by atoms with Crippen LogP contribution in [0.3, 0.4) is 0 Å². The normalized spacial score (nSPS) is 14.4. The highest BCUT2D eigenvalue weighted by Crippen LogP contribution is 2.23. The molecule has 0 saturated heterocycles. The molecule has 3 N–H and O–H groups in total. The third kappa shape index (κ3) is 4.74. The van der Waals surface area contributed by atoms with Gasteiger partial charge in [0.1, 0.15) is 0 Å². The Labute approximate surface area is 105 Å². The van der Waals surface area contributed by atoms with Crippen molar-refractivity contribution in [1.29, 1.82) is 0 Å². The zero-order chi connectivity index (χ0) is 12.8. The molecule has 0 radical (unpaired) electrons. The average Bonchev–Trinajstić information content (AvgIpc) is 2.25. The molecule has 7 heteroatoms. The number of hydrogen-bond acceptors (Lipinski definition) is 7. The molecule has 96 valence electrons. The van der Waals surface area contributed by atoms with Crippen LogP contribution in [0.2, 0.25) is 0 Å². The van der Waals surface area contributed by atoms with Crippen molar-refractivity contribution >= 4 is 17.7 Å². The highest BCUT2D eigenvalue weighted by Gasteiger charge is 2.14. The summed E-state index contributed by atoms with van der Waals surface area (Å²) in [6.07, 6.45) is 0.427. The molecule has 1 rings (SSSR count). The van der Waals surface area contributed by atoms with Gasteiger partial charge in [-0.05, 0) is 13.3 Å². The van der Waals surface area contributed by atoms with Crippen molar-refractivity contribution in [2.45, 2.75) is 43.7 Å². The molecule has 0 aliphatic heterocycles. The van der Waals surface area contributed by atoms with Crippen LogP contribution in [0.5, 0.6) is 6.01 Å². The number of nitrogens with two attached hydrogens (primary N) is 1. The lowest BCUT2D eigenvalue weighted by Crippen LogP contribution is -2.16. The SMILES string of the molecule is CCCOc1nc(N)nc(SC(C)C(C)O)n1. The quantitative estimate of drug-likeness (QED) is 0.738. The molecule has 2 unspecified atom stereocenters. The van der Waals surface area contributed by atoms with Crippen molar-refractivity contribution in [3.8, 4) is 6.01 Å². The fraction of sp³-hybridized carbons (Fsp3) is 0.700. The number of nitrogens with zero attached hydrogens (tertiary/aromatic N) is 3. The number of nitrogen functional groups attached to an aromatic ring is 1. The van der Waals surface area contributed by atoms with Gasteiger partial charge in [0.25, 0.3) is 0 Å². The van der Waals surface area contributed by atoms with Crippen molar-refractivity contribution in [1.82, 2.24) is 15.0 Å². The third-order valence-electron chi connectivity index (χ3n) is 2.02. The Balaban J connectivity index is 2.74. The van der Waals surface area contributed by atoms with Crippen LogP contribution in [0.15, 0.2) is 5.16 Å². The highest BCUT2D eigenvalue weighted by atomic mass is 32.2. The standard InChI is InChI=1S/C10H18N4O2S/c1-4-5-16-9-12-8(11)13-10(14-9)17-7(3)6(2)15/h6-7,15H,4-5H2,1-3H3,(H2,11,12,13,14). The predicted octanol–water partition coefficient (Wildman–Crippen LogP) is 1.10. The number of ether oxygens (including phenoxy) is 1. The maximum absolute atomic E-state index is 9.41. The summed E-state index contributed by atoms with van der Waals surface area (Å²) in [6.45, 7) is 6.15. The minimum absolute atomic E-state index is 0.0178. The number of aliphatic hydroxyl groups excluding tert-OH is 1. The molecule has 1 aromatic heterocycles. The van der Waals surface area contributed by atoms with E-state index in [9.17, 15) is 5.11 Å². The van der Waals surface area contributed by atoms with E-state index in [0.717, 1.165) is 6.42 Å². The van der Waals surface area contributed by atoms with Crippen LogP contribution < -0.4 is 10.5 Å². The van der Waals surface area contributed by atoms with Crippen LogP contribution in [0.25, 0.3) is 0 Å². The largest absolute Gasteiger partial charge is 0.463 e. The van der Waals surface area contributed by atoms with Crippen LogP contribution in [-0.4, -0.2) is 38.0 Å². The molecule has 0 aromatic carbocycles. The lowest BCUT2D eigenvalue weighted by atomic mass is 10.3. The smallest absolute Gasteiger partial charge is 0.322 e. The van der Waals surface area contributed by atoms with Gasteiger partial charge in [-0.1, -0.05) is 25.6 Å². The van der Waals surface area contributed by atoms with E-state index in [0.29, 0.717) is 11.8 Å². The molecule has 0 bridgehead atoms. The van der Waals surface area contributed by atoms with E-state index < -0.39 is 6.10 Å². The third-order valence-corrected chi connectivity index (χ3v) is 3.18. The Kier molecular flexibility index (Phi) is 5.43. The second-order valence-electron chi connectivity index (χ2n) is 3.67. The molecule has 1 heterocycles. The topological polar surface area (TPSA) is 94.2 Å². The second kappa shape index (κ2) is 6.61. The molecule has 0 fully saturated rings. The van der Waals surface area contributed by atoms with E-state index >= 15 is 0 Å². The van der Waals surface area contributed by atoms with Crippen LogP contribution >= 0.6 is 11.8 Å². The van der Waals surface area contributed by atoms with E-state index in [1.807, 2.05) is 13.8 Å². The zero-order valence-electron chi connectivity index (χ0n) is 10.3. The molecule has 17 heavy (non-hydrogen) atoms. The van der Waals surface area contributed by atoms with Gasteiger partial charge in [0.05, 0.1) is 12.7 Å². The van der Waals surface area contributed by atoms with Crippen molar-refractivity contribution in [3.63, 3.8) is 0 Å². The van der Waals surface area contributed by atoms with Gasteiger partial charge in [0, 0.05) is 5.25 Å². The van der Waals surface area contributed by atoms with E-state index in [1.54, 1.807) is 6.92 Å². The van der Waals surface area contributed by atoms with Crippen molar-refractivity contribution < 1.29 is 9.84 Å². The van der Waals surface area contributed by atoms with E-state index in [2.05, 4.69) is 15.0 Å². The average molecular weight is 258 g/mol. The van der Waals surface area contributed by atoms with Crippen LogP contribution in [0.4, 0.5) is 5.95 Å². The fourth-order valence-corrected chi connectivity index (χ4v) is 1.73. The number of rotatable bonds is 6. The molecule has 0 saturated carbocycles. The summed E-state index contributed by atoms with van der Waals surface area (Å²) in [5, 5.41) is 9.86. The van der Waals surface area contributed by atoms with E-state index in [4.69, 9.17) is 10.5 Å². The first kappa shape index (κ1) is 14.0. The number of aliphatic hydroxyl groups is 1. The van der Waals surface area contributed by atoms with Gasteiger partial charge in [-0.2, -0.15) is 15.0 Å². The predicted molar refractivity (Wildman–Crippen MR) is 67.0 cm³/mol. The first-order valence-corrected chi connectivity index (χ1v) is 6.40. The summed E-state index contributed by atoms with van der Waals surface area (Å²) >= 11 is 1.34. The zero-order valence-corrected chi connectivity index (χ0v) is 11.1. The first-order valence-electron chi connectivity index (χ1n) is 5.52. The summed E-state index contributed by atoms with van der Waals surface area (Å²) in [5.74, 6) is 0.131. The molecular weight excluding hydrogens is 240 g/mol. The maximum atomic E-state index is 9.41. The summed E-state index contributed by atoms with van der Waals surface area (Å²) in [4.78, 5) is 12.0. The summed E-state index contributed by atoms with van der Waals surface area (Å²) in [5.41, 5.74) is 5.56. The van der Waals surface area contributed by atoms with Gasteiger partial charge >= 0.3 is 6.01 Å². The molecule has 0 amide bonds. The Morgan fingerprint density at radius 1 is 1.35 bits per heavy atom. The Morgan fingerprint density at radius 2 is 2.06 bits per heavy atom. The van der Waals surface area contributed by atoms with E-state index in [-0.39, 0.29) is 17.2 Å². The molecular formula is C10H18N4O2S. The van der Waals surface area contributed by atoms with Gasteiger partial charge in [0.15, 0.2) is 5.16 Å². The highest BCUT2D eigenvalue weighted by molar-refractivity contribution is 7.99. The second-order valence-corrected chi connectivity index (χ2v) is 5.02. The number of thioether (sulfide) groups is 1. The van der Waals surface area contributed by atoms with Gasteiger partial charge in [-0.15, -0.1) is 0 Å². The summed E-state index contributed by atoms with van der Waals surface area (Å²) in [7, 11) is 0. The summed E-state index contributed by atoms with van der Waals surface area (Å²) < 4.78 is 5.30. The molecule has 0 aliphatic rings. The van der Waals surface area contributed by atoms with E-state index in [1.165, 1.54) is 11.8 Å². The van der Waals surface area contributed by atoms with Crippen molar-refractivity contribution in [2.24, 2.45) is 0 Å². The molecule has 6 nitrogen and oxygen atoms in total. The Hall–Kier alpha value is -1.08. The number of anilines is 1. The van der Waals surface area contributed by atoms with Gasteiger partial charge in [0.2, 0.25) is 5.95 Å². The molecule has 2 atom stereocenters. The fourth-order valence-electron chi connectivity index (χ4n) is 0.928. The lowest BCUT2D eigenvalue weighted by Gasteiger charge is -2.13. The Bertz CT molecular complexity index is 362. The molecule has 0 aliphatic carbocycles. The van der Waals surface area contributed by atoms with Gasteiger partial charge in [-0.25, -0.2) is 0 Å². The van der Waals surface area contributed by atoms with Crippen LogP contribution in [-0.2, 0) is 0 Å². The lowest BCUT2D eigenvalue weighted by molar-refractivity contribution is 0.196. The monoisotopic (exact) mass is 258 g/mol. The minimum atomic E-state index is -0.446. The van der Waals surface area contributed by atoms with Crippen LogP contribution in [0.1, 0.15) is 27.2 Å². The maximum Gasteiger partial charge on any atom is 0.322 e. The van der Waals surface area contributed by atoms with Crippen molar-refractivity contribution in [3.05, 3.63) is 0 Å². The van der Waals surface area contributed by atoms with Gasteiger partial charge < -0.3 is 15.6 Å². The molecule has 1 aromatic rings.